The average Bonchev–Trinajstić information content (AvgIpc) is 3.22. The summed E-state index contributed by atoms with van der Waals surface area (Å²) in [6.07, 6.45) is 8.72. The van der Waals surface area contributed by atoms with Crippen molar-refractivity contribution < 1.29 is 9.53 Å². The van der Waals surface area contributed by atoms with Gasteiger partial charge in [-0.15, -0.1) is 6.42 Å². The van der Waals surface area contributed by atoms with Gasteiger partial charge in [-0.2, -0.15) is 0 Å². The fraction of sp³-hybridized carbons (Fsp3) is 0.400. The Balaban J connectivity index is 1.78. The molecule has 1 aromatic heterocycles. The molecule has 5 heteroatoms. The molecule has 1 aliphatic rings. The van der Waals surface area contributed by atoms with Crippen LogP contribution in [-0.2, 0) is 4.74 Å². The Morgan fingerprint density at radius 3 is 2.72 bits per heavy atom. The van der Waals surface area contributed by atoms with Gasteiger partial charge in [0.2, 0.25) is 0 Å². The number of nitrogens with one attached hydrogen (secondary N) is 1. The standard InChI is InChI=1S/C20H23N3O2/c1-5-14-8-10-15(11-9-14)16-13-21-18(22-16)17-7-6-12-23(17)19(24)25-20(2,3)4/h1,8-11,13,17H,6-7,12H2,2-4H3,(H,21,22). The first-order chi connectivity index (χ1) is 11.9. The van der Waals surface area contributed by atoms with E-state index in [1.165, 1.54) is 0 Å². The zero-order valence-corrected chi connectivity index (χ0v) is 14.9. The SMILES string of the molecule is C#Cc1ccc(-c2cnc(C3CCCN3C(=O)OC(C)(C)C)[nH]2)cc1. The van der Waals surface area contributed by atoms with E-state index in [9.17, 15) is 4.79 Å². The second-order valence-corrected chi connectivity index (χ2v) is 7.24. The molecule has 2 heterocycles. The molecule has 1 aromatic carbocycles. The molecule has 0 bridgehead atoms. The molecule has 0 saturated carbocycles. The number of imidazole rings is 1. The Hall–Kier alpha value is -2.74. The van der Waals surface area contributed by atoms with Gasteiger partial charge in [0.1, 0.15) is 11.4 Å². The van der Waals surface area contributed by atoms with Crippen LogP contribution >= 0.6 is 0 Å². The highest BCUT2D eigenvalue weighted by Crippen LogP contribution is 2.32. The number of terminal acetylenes is 1. The third-order valence-corrected chi connectivity index (χ3v) is 4.15. The molecule has 25 heavy (non-hydrogen) atoms. The normalized spacial score (nSPS) is 17.4. The smallest absolute Gasteiger partial charge is 0.410 e. The van der Waals surface area contributed by atoms with E-state index < -0.39 is 5.60 Å². The number of aromatic amines is 1. The fourth-order valence-corrected chi connectivity index (χ4v) is 2.99. The number of likely N-dealkylation sites (tertiary alicyclic amines) is 1. The Bertz CT molecular complexity index is 794. The summed E-state index contributed by atoms with van der Waals surface area (Å²) in [7, 11) is 0. The molecule has 1 amide bonds. The minimum Gasteiger partial charge on any atom is -0.444 e. The van der Waals surface area contributed by atoms with Crippen LogP contribution in [0.5, 0.6) is 0 Å². The van der Waals surface area contributed by atoms with Crippen molar-refractivity contribution in [2.24, 2.45) is 0 Å². The summed E-state index contributed by atoms with van der Waals surface area (Å²) in [6.45, 7) is 6.31. The minimum absolute atomic E-state index is 0.0754. The van der Waals surface area contributed by atoms with Gasteiger partial charge in [-0.05, 0) is 51.3 Å². The van der Waals surface area contributed by atoms with E-state index in [4.69, 9.17) is 11.2 Å². The van der Waals surface area contributed by atoms with Crippen LogP contribution in [-0.4, -0.2) is 33.1 Å². The molecule has 0 spiro atoms. The molecule has 1 N–H and O–H groups in total. The highest BCUT2D eigenvalue weighted by Gasteiger charge is 2.34. The van der Waals surface area contributed by atoms with Gasteiger partial charge in [-0.3, -0.25) is 4.90 Å². The molecule has 1 atom stereocenters. The van der Waals surface area contributed by atoms with Crippen molar-refractivity contribution in [3.05, 3.63) is 41.9 Å². The number of amides is 1. The zero-order chi connectivity index (χ0) is 18.0. The van der Waals surface area contributed by atoms with E-state index in [1.54, 1.807) is 11.1 Å². The van der Waals surface area contributed by atoms with Crippen LogP contribution in [0.15, 0.2) is 30.5 Å². The number of aromatic nitrogens is 2. The predicted molar refractivity (Wildman–Crippen MR) is 96.9 cm³/mol. The molecule has 1 unspecified atom stereocenters. The fourth-order valence-electron chi connectivity index (χ4n) is 2.99. The predicted octanol–water partition coefficient (Wildman–Crippen LogP) is 4.13. The first-order valence-electron chi connectivity index (χ1n) is 8.49. The van der Waals surface area contributed by atoms with Crippen molar-refractivity contribution in [1.82, 2.24) is 14.9 Å². The van der Waals surface area contributed by atoms with Crippen LogP contribution in [0.4, 0.5) is 4.79 Å². The number of H-pyrrole nitrogens is 1. The summed E-state index contributed by atoms with van der Waals surface area (Å²) in [5, 5.41) is 0. The molecular formula is C20H23N3O2. The van der Waals surface area contributed by atoms with Gasteiger partial charge in [0.15, 0.2) is 0 Å². The van der Waals surface area contributed by atoms with Crippen LogP contribution in [0.2, 0.25) is 0 Å². The summed E-state index contributed by atoms with van der Waals surface area (Å²) in [5.41, 5.74) is 2.27. The van der Waals surface area contributed by atoms with Crippen molar-refractivity contribution in [3.8, 4) is 23.6 Å². The number of ether oxygens (including phenoxy) is 1. The van der Waals surface area contributed by atoms with Gasteiger partial charge in [-0.25, -0.2) is 9.78 Å². The van der Waals surface area contributed by atoms with Gasteiger partial charge in [0.05, 0.1) is 17.9 Å². The Kier molecular flexibility index (Phi) is 4.54. The zero-order valence-electron chi connectivity index (χ0n) is 14.9. The van der Waals surface area contributed by atoms with Gasteiger partial charge in [0.25, 0.3) is 0 Å². The Labute approximate surface area is 148 Å². The van der Waals surface area contributed by atoms with Gasteiger partial charge < -0.3 is 9.72 Å². The van der Waals surface area contributed by atoms with Crippen molar-refractivity contribution in [2.75, 3.05) is 6.54 Å². The molecule has 0 aliphatic carbocycles. The van der Waals surface area contributed by atoms with E-state index in [-0.39, 0.29) is 12.1 Å². The van der Waals surface area contributed by atoms with Crippen LogP contribution in [0.25, 0.3) is 11.3 Å². The monoisotopic (exact) mass is 337 g/mol. The number of carbonyl (C=O) groups is 1. The van der Waals surface area contributed by atoms with Crippen LogP contribution in [0.3, 0.4) is 0 Å². The summed E-state index contributed by atoms with van der Waals surface area (Å²) >= 11 is 0. The molecule has 1 fully saturated rings. The largest absolute Gasteiger partial charge is 0.444 e. The maximum absolute atomic E-state index is 12.4. The van der Waals surface area contributed by atoms with Crippen LogP contribution in [0, 0.1) is 12.3 Å². The molecule has 1 aliphatic heterocycles. The number of benzene rings is 1. The van der Waals surface area contributed by atoms with E-state index >= 15 is 0 Å². The molecule has 2 aromatic rings. The first-order valence-corrected chi connectivity index (χ1v) is 8.49. The number of hydrogen-bond donors (Lipinski definition) is 1. The molecule has 1 saturated heterocycles. The van der Waals surface area contributed by atoms with Crippen molar-refractivity contribution in [2.45, 2.75) is 45.3 Å². The van der Waals surface area contributed by atoms with Crippen molar-refractivity contribution >= 4 is 6.09 Å². The molecule has 0 radical (unpaired) electrons. The Morgan fingerprint density at radius 2 is 2.08 bits per heavy atom. The third kappa shape index (κ3) is 3.85. The minimum atomic E-state index is -0.503. The molecule has 3 rings (SSSR count). The van der Waals surface area contributed by atoms with Gasteiger partial charge >= 0.3 is 6.09 Å². The molecular weight excluding hydrogens is 314 g/mol. The van der Waals surface area contributed by atoms with E-state index in [0.29, 0.717) is 6.54 Å². The maximum Gasteiger partial charge on any atom is 0.410 e. The Morgan fingerprint density at radius 1 is 1.36 bits per heavy atom. The average molecular weight is 337 g/mol. The van der Waals surface area contributed by atoms with E-state index in [2.05, 4.69) is 15.9 Å². The summed E-state index contributed by atoms with van der Waals surface area (Å²) in [5.74, 6) is 3.40. The second kappa shape index (κ2) is 6.64. The second-order valence-electron chi connectivity index (χ2n) is 7.24. The molecule has 130 valence electrons. The van der Waals surface area contributed by atoms with Crippen molar-refractivity contribution in [3.63, 3.8) is 0 Å². The number of carbonyl (C=O) groups excluding carboxylic acids is 1. The third-order valence-electron chi connectivity index (χ3n) is 4.15. The maximum atomic E-state index is 12.4. The highest BCUT2D eigenvalue weighted by atomic mass is 16.6. The van der Waals surface area contributed by atoms with Gasteiger partial charge in [-0.1, -0.05) is 18.1 Å². The lowest BCUT2D eigenvalue weighted by Crippen LogP contribution is -2.36. The number of nitrogens with zero attached hydrogens (tertiary/aromatic N) is 2. The highest BCUT2D eigenvalue weighted by molar-refractivity contribution is 5.69. The van der Waals surface area contributed by atoms with Gasteiger partial charge in [0, 0.05) is 12.1 Å². The summed E-state index contributed by atoms with van der Waals surface area (Å²) < 4.78 is 5.52. The first kappa shape index (κ1) is 17.1. The van der Waals surface area contributed by atoms with E-state index in [0.717, 1.165) is 35.5 Å². The number of hydrogen-bond acceptors (Lipinski definition) is 3. The van der Waals surface area contributed by atoms with Crippen LogP contribution in [0.1, 0.15) is 51.0 Å². The summed E-state index contributed by atoms with van der Waals surface area (Å²) in [4.78, 5) is 22.0. The quantitative estimate of drug-likeness (QED) is 0.838. The van der Waals surface area contributed by atoms with Crippen LogP contribution < -0.4 is 0 Å². The lowest BCUT2D eigenvalue weighted by Gasteiger charge is -2.27. The molecule has 5 nitrogen and oxygen atoms in total. The lowest BCUT2D eigenvalue weighted by molar-refractivity contribution is 0.0219. The number of rotatable bonds is 2. The van der Waals surface area contributed by atoms with Crippen molar-refractivity contribution in [1.29, 1.82) is 0 Å². The lowest BCUT2D eigenvalue weighted by atomic mass is 10.1. The summed E-state index contributed by atoms with van der Waals surface area (Å²) in [6, 6.07) is 7.66. The van der Waals surface area contributed by atoms with E-state index in [1.807, 2.05) is 45.0 Å². The topological polar surface area (TPSA) is 58.2 Å².